The molecular weight excluding hydrogens is 368 g/mol. The van der Waals surface area contributed by atoms with E-state index < -0.39 is 61.1 Å². The van der Waals surface area contributed by atoms with E-state index in [0.717, 1.165) is 0 Å². The third-order valence-electron chi connectivity index (χ3n) is 3.31. The zero-order chi connectivity index (χ0) is 20.3. The molecule has 0 aromatic carbocycles. The van der Waals surface area contributed by atoms with E-state index >= 15 is 0 Å². The van der Waals surface area contributed by atoms with Crippen molar-refractivity contribution >= 4 is 35.5 Å². The Labute approximate surface area is 155 Å². The van der Waals surface area contributed by atoms with Gasteiger partial charge in [0.1, 0.15) is 18.1 Å². The first-order valence-electron chi connectivity index (χ1n) is 7.77. The van der Waals surface area contributed by atoms with Crippen molar-refractivity contribution in [2.45, 2.75) is 37.6 Å². The minimum absolute atomic E-state index is 0.225. The van der Waals surface area contributed by atoms with Crippen molar-refractivity contribution in [1.29, 1.82) is 0 Å². The lowest BCUT2D eigenvalue weighted by molar-refractivity contribution is -0.141. The largest absolute Gasteiger partial charge is 0.480 e. The molecule has 0 spiro atoms. The van der Waals surface area contributed by atoms with Crippen LogP contribution in [-0.4, -0.2) is 88.4 Å². The van der Waals surface area contributed by atoms with Gasteiger partial charge >= 0.3 is 5.97 Å². The number of carbonyl (C=O) groups excluding carboxylic acids is 3. The molecule has 0 fully saturated rings. The van der Waals surface area contributed by atoms with Gasteiger partial charge in [0.05, 0.1) is 19.3 Å². The second-order valence-corrected chi connectivity index (χ2v) is 6.45. The molecule has 4 atom stereocenters. The Morgan fingerprint density at radius 2 is 1.73 bits per heavy atom. The highest BCUT2D eigenvalue weighted by molar-refractivity contribution is 7.98. The summed E-state index contributed by atoms with van der Waals surface area (Å²) in [6.45, 7) is 0.00638. The molecule has 26 heavy (non-hydrogen) atoms. The number of hydrogen-bond acceptors (Lipinski definition) is 8. The molecule has 8 N–H and O–H groups in total. The van der Waals surface area contributed by atoms with Crippen LogP contribution in [0.25, 0.3) is 0 Å². The number of amides is 3. The Kier molecular flexibility index (Phi) is 11.6. The second kappa shape index (κ2) is 12.5. The summed E-state index contributed by atoms with van der Waals surface area (Å²) in [5.74, 6) is -3.08. The number of hydrogen-bond donors (Lipinski definition) is 7. The van der Waals surface area contributed by atoms with Crippen molar-refractivity contribution in [3.8, 4) is 0 Å². The highest BCUT2D eigenvalue weighted by atomic mass is 32.2. The predicted molar refractivity (Wildman–Crippen MR) is 94.2 cm³/mol. The Morgan fingerprint density at radius 3 is 2.19 bits per heavy atom. The molecule has 0 saturated heterocycles. The molecule has 0 aliphatic heterocycles. The maximum absolute atomic E-state index is 11.9. The van der Waals surface area contributed by atoms with Gasteiger partial charge in [-0.25, -0.2) is 4.79 Å². The highest BCUT2D eigenvalue weighted by Crippen LogP contribution is 2.00. The Balaban J connectivity index is 4.52. The smallest absolute Gasteiger partial charge is 0.326 e. The monoisotopic (exact) mass is 394 g/mol. The number of carboxylic acid groups (broad SMARTS) is 1. The summed E-state index contributed by atoms with van der Waals surface area (Å²) in [6.07, 6.45) is 0.869. The van der Waals surface area contributed by atoms with Gasteiger partial charge < -0.3 is 37.0 Å². The van der Waals surface area contributed by atoms with Crippen LogP contribution < -0.4 is 21.7 Å². The summed E-state index contributed by atoms with van der Waals surface area (Å²) < 4.78 is 0. The maximum atomic E-state index is 11.9. The molecule has 0 aromatic rings. The molecular formula is C14H26N4O7S. The number of aliphatic carboxylic acids is 1. The molecule has 0 saturated carbocycles. The van der Waals surface area contributed by atoms with E-state index in [1.54, 1.807) is 6.26 Å². The van der Waals surface area contributed by atoms with Crippen LogP contribution >= 0.6 is 11.8 Å². The Hall–Kier alpha value is -1.89. The Bertz CT molecular complexity index is 504. The minimum Gasteiger partial charge on any atom is -0.480 e. The van der Waals surface area contributed by atoms with Gasteiger partial charge in [-0.1, -0.05) is 0 Å². The SMILES string of the molecule is CSCCC(NC(=O)CNC(=O)C(CO)NC(=O)C(N)C(C)O)C(=O)O. The minimum atomic E-state index is -1.37. The third kappa shape index (κ3) is 8.99. The number of thioether (sulfide) groups is 1. The molecule has 3 amide bonds. The summed E-state index contributed by atoms with van der Waals surface area (Å²) in [5.41, 5.74) is 5.41. The fourth-order valence-corrected chi connectivity index (χ4v) is 2.18. The van der Waals surface area contributed by atoms with Crippen LogP contribution in [0.15, 0.2) is 0 Å². The van der Waals surface area contributed by atoms with E-state index in [4.69, 9.17) is 10.8 Å². The van der Waals surface area contributed by atoms with Crippen molar-refractivity contribution in [3.63, 3.8) is 0 Å². The molecule has 0 rings (SSSR count). The van der Waals surface area contributed by atoms with Crippen molar-refractivity contribution in [2.75, 3.05) is 25.2 Å². The number of aliphatic hydroxyl groups excluding tert-OH is 2. The first-order valence-corrected chi connectivity index (χ1v) is 9.17. The number of aliphatic hydroxyl groups is 2. The van der Waals surface area contributed by atoms with Gasteiger partial charge in [0.2, 0.25) is 17.7 Å². The van der Waals surface area contributed by atoms with E-state index in [1.807, 2.05) is 0 Å². The molecule has 0 radical (unpaired) electrons. The normalized spacial score (nSPS) is 15.3. The number of carboxylic acids is 1. The summed E-state index contributed by atoms with van der Waals surface area (Å²) >= 11 is 1.43. The standard InChI is InChI=1S/C14H26N4O7S/c1-7(20)11(15)13(23)18-9(6-19)12(22)16-5-10(21)17-8(14(24)25)3-4-26-2/h7-9,11,19-20H,3-6,15H2,1-2H3,(H,16,22)(H,17,21)(H,18,23)(H,24,25). The molecule has 4 unspecified atom stereocenters. The average molecular weight is 394 g/mol. The lowest BCUT2D eigenvalue weighted by atomic mass is 10.1. The van der Waals surface area contributed by atoms with Gasteiger partial charge in [0.25, 0.3) is 0 Å². The van der Waals surface area contributed by atoms with Crippen LogP contribution in [0.4, 0.5) is 0 Å². The number of nitrogens with one attached hydrogen (secondary N) is 3. The molecule has 0 aromatic heterocycles. The predicted octanol–water partition coefficient (Wildman–Crippen LogP) is -3.39. The van der Waals surface area contributed by atoms with Crippen LogP contribution in [0.5, 0.6) is 0 Å². The van der Waals surface area contributed by atoms with Gasteiger partial charge in [0.15, 0.2) is 0 Å². The summed E-state index contributed by atoms with van der Waals surface area (Å²) in [6, 6.07) is -3.73. The van der Waals surface area contributed by atoms with Crippen molar-refractivity contribution in [3.05, 3.63) is 0 Å². The van der Waals surface area contributed by atoms with Crippen LogP contribution in [0.1, 0.15) is 13.3 Å². The van der Waals surface area contributed by atoms with Gasteiger partial charge in [-0.05, 0) is 25.4 Å². The van der Waals surface area contributed by atoms with E-state index in [-0.39, 0.29) is 6.42 Å². The van der Waals surface area contributed by atoms with E-state index in [9.17, 15) is 29.4 Å². The van der Waals surface area contributed by atoms with Crippen molar-refractivity contribution in [2.24, 2.45) is 5.73 Å². The summed E-state index contributed by atoms with van der Waals surface area (Å²) in [5, 5.41) is 34.0. The number of nitrogens with two attached hydrogens (primary N) is 1. The zero-order valence-electron chi connectivity index (χ0n) is 14.6. The van der Waals surface area contributed by atoms with Gasteiger partial charge in [-0.15, -0.1) is 0 Å². The summed E-state index contributed by atoms with van der Waals surface area (Å²) in [4.78, 5) is 46.4. The zero-order valence-corrected chi connectivity index (χ0v) is 15.4. The van der Waals surface area contributed by atoms with Crippen molar-refractivity contribution in [1.82, 2.24) is 16.0 Å². The second-order valence-electron chi connectivity index (χ2n) is 5.47. The van der Waals surface area contributed by atoms with Crippen LogP contribution in [0.2, 0.25) is 0 Å². The molecule has 0 aliphatic carbocycles. The molecule has 0 heterocycles. The van der Waals surface area contributed by atoms with Crippen LogP contribution in [0.3, 0.4) is 0 Å². The van der Waals surface area contributed by atoms with E-state index in [1.165, 1.54) is 18.7 Å². The molecule has 0 bridgehead atoms. The first-order chi connectivity index (χ1) is 12.1. The lowest BCUT2D eigenvalue weighted by Crippen LogP contribution is -2.56. The van der Waals surface area contributed by atoms with Crippen LogP contribution in [-0.2, 0) is 19.2 Å². The van der Waals surface area contributed by atoms with Gasteiger partial charge in [-0.2, -0.15) is 11.8 Å². The van der Waals surface area contributed by atoms with E-state index in [2.05, 4.69) is 16.0 Å². The number of carbonyl (C=O) groups is 4. The van der Waals surface area contributed by atoms with Gasteiger partial charge in [-0.3, -0.25) is 14.4 Å². The molecule has 12 heteroatoms. The molecule has 0 aliphatic rings. The average Bonchev–Trinajstić information content (AvgIpc) is 2.59. The third-order valence-corrected chi connectivity index (χ3v) is 3.95. The lowest BCUT2D eigenvalue weighted by Gasteiger charge is -2.20. The first kappa shape index (κ1) is 24.1. The Morgan fingerprint density at radius 1 is 1.12 bits per heavy atom. The van der Waals surface area contributed by atoms with Crippen molar-refractivity contribution < 1.29 is 34.5 Å². The highest BCUT2D eigenvalue weighted by Gasteiger charge is 2.26. The molecule has 11 nitrogen and oxygen atoms in total. The summed E-state index contributed by atoms with van der Waals surface area (Å²) in [7, 11) is 0. The van der Waals surface area contributed by atoms with Gasteiger partial charge in [0, 0.05) is 0 Å². The topological polar surface area (TPSA) is 191 Å². The number of rotatable bonds is 12. The van der Waals surface area contributed by atoms with E-state index in [0.29, 0.717) is 5.75 Å². The maximum Gasteiger partial charge on any atom is 0.326 e. The molecule has 150 valence electrons. The quantitative estimate of drug-likeness (QED) is 0.177. The fraction of sp³-hybridized carbons (Fsp3) is 0.714. The van der Waals surface area contributed by atoms with Crippen LogP contribution in [0, 0.1) is 0 Å². The fourth-order valence-electron chi connectivity index (χ4n) is 1.71.